The van der Waals surface area contributed by atoms with E-state index in [9.17, 15) is 15.0 Å². The summed E-state index contributed by atoms with van der Waals surface area (Å²) in [6, 6.07) is 6.56. The molecular weight excluding hydrogens is 374 g/mol. The average Bonchev–Trinajstić information content (AvgIpc) is 2.70. The molecule has 0 spiro atoms. The van der Waals surface area contributed by atoms with Crippen molar-refractivity contribution >= 4 is 6.09 Å². The van der Waals surface area contributed by atoms with Crippen LogP contribution in [0.15, 0.2) is 24.3 Å². The first kappa shape index (κ1) is 20.6. The molecule has 0 aromatic heterocycles. The van der Waals surface area contributed by atoms with Crippen LogP contribution in [0.2, 0.25) is 0 Å². The molecule has 1 heterocycles. The lowest BCUT2D eigenvalue weighted by molar-refractivity contribution is 0.0863. The zero-order valence-corrected chi connectivity index (χ0v) is 17.2. The van der Waals surface area contributed by atoms with Crippen LogP contribution in [0.1, 0.15) is 35.2 Å². The SMILES string of the molecule is CCOC(=O)N1CCc2cc(OC)c(O)cc2C1Cc1cc(O)c(OC)cc1C. The zero-order chi connectivity index (χ0) is 21.1. The number of methoxy groups -OCH3 is 2. The van der Waals surface area contributed by atoms with Crippen LogP contribution in [-0.2, 0) is 17.6 Å². The molecule has 7 nitrogen and oxygen atoms in total. The summed E-state index contributed by atoms with van der Waals surface area (Å²) in [6.07, 6.45) is 0.698. The van der Waals surface area contributed by atoms with E-state index >= 15 is 0 Å². The second-order valence-electron chi connectivity index (χ2n) is 7.04. The molecule has 156 valence electrons. The van der Waals surface area contributed by atoms with Gasteiger partial charge in [-0.05, 0) is 73.2 Å². The van der Waals surface area contributed by atoms with Gasteiger partial charge in [-0.1, -0.05) is 0 Å². The second-order valence-corrected chi connectivity index (χ2v) is 7.04. The summed E-state index contributed by atoms with van der Waals surface area (Å²) in [5.74, 6) is 0.880. The van der Waals surface area contributed by atoms with Crippen LogP contribution in [0.25, 0.3) is 0 Å². The molecule has 0 radical (unpaired) electrons. The highest BCUT2D eigenvalue weighted by Crippen LogP contribution is 2.40. The molecule has 0 bridgehead atoms. The number of carbonyl (C=O) groups excluding carboxylic acids is 1. The quantitative estimate of drug-likeness (QED) is 0.794. The maximum absolute atomic E-state index is 12.6. The van der Waals surface area contributed by atoms with E-state index in [2.05, 4.69) is 0 Å². The lowest BCUT2D eigenvalue weighted by Gasteiger charge is -2.37. The van der Waals surface area contributed by atoms with Crippen LogP contribution < -0.4 is 9.47 Å². The summed E-state index contributed by atoms with van der Waals surface area (Å²) in [7, 11) is 3.01. The van der Waals surface area contributed by atoms with E-state index in [1.807, 2.05) is 13.0 Å². The van der Waals surface area contributed by atoms with Crippen LogP contribution in [0.5, 0.6) is 23.0 Å². The zero-order valence-electron chi connectivity index (χ0n) is 17.2. The Kier molecular flexibility index (Phi) is 6.06. The van der Waals surface area contributed by atoms with Crippen LogP contribution >= 0.6 is 0 Å². The highest BCUT2D eigenvalue weighted by Gasteiger charge is 2.33. The number of hydrogen-bond acceptors (Lipinski definition) is 6. The molecule has 1 aliphatic rings. The predicted molar refractivity (Wildman–Crippen MR) is 108 cm³/mol. The molecular formula is C22H27NO6. The molecule has 3 rings (SSSR count). The number of nitrogens with zero attached hydrogens (tertiary/aromatic N) is 1. The van der Waals surface area contributed by atoms with Gasteiger partial charge in [-0.2, -0.15) is 0 Å². The lowest BCUT2D eigenvalue weighted by atomic mass is 9.87. The van der Waals surface area contributed by atoms with Crippen molar-refractivity contribution in [3.8, 4) is 23.0 Å². The normalized spacial score (nSPS) is 15.6. The van der Waals surface area contributed by atoms with Crippen molar-refractivity contribution in [2.24, 2.45) is 0 Å². The molecule has 1 unspecified atom stereocenters. The predicted octanol–water partition coefficient (Wildman–Crippen LogP) is 3.72. The maximum atomic E-state index is 12.6. The van der Waals surface area contributed by atoms with Gasteiger partial charge in [0.25, 0.3) is 0 Å². The van der Waals surface area contributed by atoms with Crippen molar-refractivity contribution in [2.45, 2.75) is 32.7 Å². The molecule has 1 atom stereocenters. The summed E-state index contributed by atoms with van der Waals surface area (Å²) in [5, 5.41) is 20.6. The monoisotopic (exact) mass is 401 g/mol. The van der Waals surface area contributed by atoms with Gasteiger partial charge in [0.1, 0.15) is 0 Å². The van der Waals surface area contributed by atoms with Gasteiger partial charge in [-0.25, -0.2) is 4.79 Å². The minimum atomic E-state index is -0.395. The van der Waals surface area contributed by atoms with Crippen molar-refractivity contribution in [1.82, 2.24) is 4.90 Å². The van der Waals surface area contributed by atoms with Gasteiger partial charge >= 0.3 is 6.09 Å². The molecule has 0 saturated heterocycles. The Morgan fingerprint density at radius 2 is 1.76 bits per heavy atom. The van der Waals surface area contributed by atoms with Crippen molar-refractivity contribution in [2.75, 3.05) is 27.4 Å². The number of aryl methyl sites for hydroxylation is 1. The third-order valence-electron chi connectivity index (χ3n) is 5.35. The molecule has 2 N–H and O–H groups in total. The number of amides is 1. The summed E-state index contributed by atoms with van der Waals surface area (Å²) < 4.78 is 15.7. The smallest absolute Gasteiger partial charge is 0.410 e. The molecule has 1 aliphatic heterocycles. The number of benzene rings is 2. The van der Waals surface area contributed by atoms with Crippen molar-refractivity contribution in [3.63, 3.8) is 0 Å². The molecule has 0 saturated carbocycles. The first-order valence-corrected chi connectivity index (χ1v) is 9.59. The van der Waals surface area contributed by atoms with Gasteiger partial charge in [0.15, 0.2) is 23.0 Å². The number of phenolic OH excluding ortho intramolecular Hbond substituents is 2. The topological polar surface area (TPSA) is 88.5 Å². The second kappa shape index (κ2) is 8.51. The number of carbonyl (C=O) groups is 1. The minimum Gasteiger partial charge on any atom is -0.504 e. The van der Waals surface area contributed by atoms with E-state index in [1.54, 1.807) is 30.0 Å². The third-order valence-corrected chi connectivity index (χ3v) is 5.35. The Morgan fingerprint density at radius 3 is 2.41 bits per heavy atom. The fraction of sp³-hybridized carbons (Fsp3) is 0.409. The minimum absolute atomic E-state index is 0.0243. The van der Waals surface area contributed by atoms with Gasteiger partial charge in [-0.3, -0.25) is 0 Å². The molecule has 0 aliphatic carbocycles. The average molecular weight is 401 g/mol. The molecule has 2 aromatic rings. The summed E-state index contributed by atoms with van der Waals surface area (Å²) in [6.45, 7) is 4.48. The lowest BCUT2D eigenvalue weighted by Crippen LogP contribution is -2.41. The van der Waals surface area contributed by atoms with Crippen molar-refractivity contribution in [1.29, 1.82) is 0 Å². The third kappa shape index (κ3) is 4.04. The molecule has 0 fully saturated rings. The van der Waals surface area contributed by atoms with Crippen LogP contribution in [0.3, 0.4) is 0 Å². The largest absolute Gasteiger partial charge is 0.504 e. The first-order chi connectivity index (χ1) is 13.9. The summed E-state index contributed by atoms with van der Waals surface area (Å²) in [5.41, 5.74) is 3.68. The number of aromatic hydroxyl groups is 2. The summed E-state index contributed by atoms with van der Waals surface area (Å²) in [4.78, 5) is 14.3. The highest BCUT2D eigenvalue weighted by molar-refractivity contribution is 5.69. The van der Waals surface area contributed by atoms with Crippen LogP contribution in [0, 0.1) is 6.92 Å². The number of hydrogen-bond donors (Lipinski definition) is 2. The van der Waals surface area contributed by atoms with Crippen molar-refractivity contribution in [3.05, 3.63) is 46.5 Å². The van der Waals surface area contributed by atoms with Crippen molar-refractivity contribution < 1.29 is 29.2 Å². The Hall–Kier alpha value is -3.09. The Balaban J connectivity index is 2.05. The van der Waals surface area contributed by atoms with Gasteiger partial charge in [0, 0.05) is 6.54 Å². The van der Waals surface area contributed by atoms with E-state index < -0.39 is 6.09 Å². The van der Waals surface area contributed by atoms with Gasteiger partial charge in [0.2, 0.25) is 0 Å². The highest BCUT2D eigenvalue weighted by atomic mass is 16.6. The standard InChI is InChI=1S/C22H27NO6/c1-5-29-22(26)23-7-6-14-11-21(28-4)19(25)12-16(14)17(23)9-15-10-18(24)20(27-3)8-13(15)2/h8,10-12,17,24-25H,5-7,9H2,1-4H3. The summed E-state index contributed by atoms with van der Waals surface area (Å²) >= 11 is 0. The molecule has 2 aromatic carbocycles. The van der Waals surface area contributed by atoms with E-state index in [0.717, 1.165) is 22.3 Å². The number of rotatable bonds is 5. The van der Waals surface area contributed by atoms with Crippen LogP contribution in [-0.4, -0.2) is 48.6 Å². The molecule has 29 heavy (non-hydrogen) atoms. The Morgan fingerprint density at radius 1 is 1.10 bits per heavy atom. The Bertz CT molecular complexity index is 911. The molecule has 7 heteroatoms. The Labute approximate surface area is 170 Å². The number of ether oxygens (including phenoxy) is 3. The number of phenols is 2. The van der Waals surface area contributed by atoms with E-state index in [4.69, 9.17) is 14.2 Å². The van der Waals surface area contributed by atoms with Gasteiger partial charge in [-0.15, -0.1) is 0 Å². The number of fused-ring (bicyclic) bond motifs is 1. The fourth-order valence-corrected chi connectivity index (χ4v) is 3.83. The van der Waals surface area contributed by atoms with E-state index in [0.29, 0.717) is 30.9 Å². The first-order valence-electron chi connectivity index (χ1n) is 9.59. The van der Waals surface area contributed by atoms with E-state index in [1.165, 1.54) is 14.2 Å². The van der Waals surface area contributed by atoms with E-state index in [-0.39, 0.29) is 24.1 Å². The van der Waals surface area contributed by atoms with Crippen LogP contribution in [0.4, 0.5) is 4.79 Å². The fourth-order valence-electron chi connectivity index (χ4n) is 3.83. The van der Waals surface area contributed by atoms with Gasteiger partial charge < -0.3 is 29.3 Å². The maximum Gasteiger partial charge on any atom is 0.410 e. The molecule has 1 amide bonds. The van der Waals surface area contributed by atoms with Gasteiger partial charge in [0.05, 0.1) is 26.9 Å².